The minimum absolute atomic E-state index is 0.312. The Morgan fingerprint density at radius 3 is 2.47 bits per heavy atom. The zero-order valence-corrected chi connectivity index (χ0v) is 10.3. The maximum atomic E-state index is 11.0. The van der Waals surface area contributed by atoms with Gasteiger partial charge in [0.25, 0.3) is 0 Å². The number of allylic oxidation sites excluding steroid dienone is 1. The van der Waals surface area contributed by atoms with Crippen molar-refractivity contribution in [2.24, 2.45) is 0 Å². The van der Waals surface area contributed by atoms with E-state index in [9.17, 15) is 13.2 Å². The Morgan fingerprint density at radius 1 is 1.40 bits per heavy atom. The second kappa shape index (κ2) is 6.61. The normalized spacial score (nSPS) is 12.3. The number of hydrogen-bond donors (Lipinski definition) is 1. The Morgan fingerprint density at radius 2 is 2.00 bits per heavy atom. The molecule has 0 unspecified atom stereocenters. The second-order valence-electron chi connectivity index (χ2n) is 3.84. The van der Waals surface area contributed by atoms with Crippen LogP contribution < -0.4 is 0 Å². The molecule has 4 nitrogen and oxygen atoms in total. The van der Waals surface area contributed by atoms with Crippen molar-refractivity contribution in [3.63, 3.8) is 0 Å². The molecule has 0 bridgehead atoms. The van der Waals surface area contributed by atoms with Gasteiger partial charge in [-0.15, -0.1) is 0 Å². The maximum absolute atomic E-state index is 11.0. The summed E-state index contributed by atoms with van der Waals surface area (Å²) in [7, 11) is -2.49. The van der Waals surface area contributed by atoms with Crippen molar-refractivity contribution in [2.45, 2.75) is 38.4 Å². The molecule has 0 aromatic rings. The Labute approximate surface area is 92.3 Å². The van der Waals surface area contributed by atoms with Crippen molar-refractivity contribution in [3.8, 4) is 0 Å². The van der Waals surface area contributed by atoms with Gasteiger partial charge in [-0.2, -0.15) is 0 Å². The van der Waals surface area contributed by atoms with Crippen molar-refractivity contribution in [2.75, 3.05) is 6.61 Å². The van der Waals surface area contributed by atoms with Crippen LogP contribution >= 0.6 is 0 Å². The minimum Gasteiger partial charge on any atom is -0.463 e. The molecular weight excluding hydrogens is 216 g/mol. The first kappa shape index (κ1) is 14.2. The molecule has 0 saturated carbocycles. The molecule has 5 heteroatoms. The summed E-state index contributed by atoms with van der Waals surface area (Å²) in [5, 5.41) is 0. The highest BCUT2D eigenvalue weighted by molar-refractivity contribution is 7.74. The topological polar surface area (TPSA) is 60.4 Å². The van der Waals surface area contributed by atoms with Crippen LogP contribution in [0.1, 0.15) is 33.6 Å². The van der Waals surface area contributed by atoms with Crippen LogP contribution in [-0.2, 0) is 20.2 Å². The fourth-order valence-electron chi connectivity index (χ4n) is 0.769. The minimum atomic E-state index is -2.49. The fourth-order valence-corrected chi connectivity index (χ4v) is 1.02. The van der Waals surface area contributed by atoms with Crippen molar-refractivity contribution >= 4 is 16.7 Å². The first-order valence-corrected chi connectivity index (χ1v) is 6.05. The number of thiol groups is 1. The largest absolute Gasteiger partial charge is 0.463 e. The molecule has 0 rings (SSSR count). The molecule has 0 fully saturated rings. The molecule has 0 saturated heterocycles. The van der Waals surface area contributed by atoms with E-state index < -0.39 is 21.4 Å². The summed E-state index contributed by atoms with van der Waals surface area (Å²) in [5.41, 5.74) is 0. The van der Waals surface area contributed by atoms with Gasteiger partial charge >= 0.3 is 5.97 Å². The molecule has 0 heterocycles. The third-order valence-electron chi connectivity index (χ3n) is 1.81. The van der Waals surface area contributed by atoms with E-state index >= 15 is 0 Å². The highest BCUT2D eigenvalue weighted by Crippen LogP contribution is 2.13. The van der Waals surface area contributed by atoms with Gasteiger partial charge < -0.3 is 4.74 Å². The zero-order chi connectivity index (χ0) is 11.9. The third-order valence-corrected chi connectivity index (χ3v) is 2.99. The molecule has 0 atom stereocenters. The Hall–Kier alpha value is -0.840. The van der Waals surface area contributed by atoms with Crippen LogP contribution in [0.15, 0.2) is 12.2 Å². The lowest BCUT2D eigenvalue weighted by Gasteiger charge is -2.13. The average molecular weight is 234 g/mol. The summed E-state index contributed by atoms with van der Waals surface area (Å²) in [6.07, 6.45) is 3.89. The van der Waals surface area contributed by atoms with Gasteiger partial charge in [0.15, 0.2) is 0 Å². The van der Waals surface area contributed by atoms with Crippen LogP contribution in [0, 0.1) is 0 Å². The van der Waals surface area contributed by atoms with Crippen molar-refractivity contribution < 1.29 is 17.9 Å². The summed E-state index contributed by atoms with van der Waals surface area (Å²) in [5.74, 6) is -0.422. The first-order valence-electron chi connectivity index (χ1n) is 4.88. The lowest BCUT2D eigenvalue weighted by molar-refractivity contribution is -0.137. The molecule has 0 radical (unpaired) electrons. The van der Waals surface area contributed by atoms with Crippen LogP contribution in [0.4, 0.5) is 0 Å². The van der Waals surface area contributed by atoms with E-state index in [0.717, 1.165) is 6.42 Å². The summed E-state index contributed by atoms with van der Waals surface area (Å²) >= 11 is 0. The molecule has 0 aliphatic carbocycles. The van der Waals surface area contributed by atoms with E-state index in [1.165, 1.54) is 12.2 Å². The summed E-state index contributed by atoms with van der Waals surface area (Å²) < 4.78 is 25.5. The Balaban J connectivity index is 4.04. The highest BCUT2D eigenvalue weighted by atomic mass is 32.2. The molecule has 0 amide bonds. The SMILES string of the molecule is CCCOC(=O)C=CCC(C)(C)[SH](=O)=O. The molecule has 0 aromatic heterocycles. The van der Waals surface area contributed by atoms with Gasteiger partial charge in [-0.3, -0.25) is 0 Å². The third kappa shape index (κ3) is 6.28. The monoisotopic (exact) mass is 234 g/mol. The lowest BCUT2D eigenvalue weighted by Crippen LogP contribution is -2.20. The molecule has 0 N–H and O–H groups in total. The van der Waals surface area contributed by atoms with E-state index in [-0.39, 0.29) is 0 Å². The van der Waals surface area contributed by atoms with Crippen molar-refractivity contribution in [1.29, 1.82) is 0 Å². The number of carbonyl (C=O) groups is 1. The second-order valence-corrected chi connectivity index (χ2v) is 5.57. The predicted molar refractivity (Wildman–Crippen MR) is 59.4 cm³/mol. The van der Waals surface area contributed by atoms with Crippen LogP contribution in [0.2, 0.25) is 0 Å². The molecule has 0 spiro atoms. The van der Waals surface area contributed by atoms with E-state index in [4.69, 9.17) is 4.74 Å². The highest BCUT2D eigenvalue weighted by Gasteiger charge is 2.19. The zero-order valence-electron chi connectivity index (χ0n) is 9.36. The molecule has 88 valence electrons. The average Bonchev–Trinajstić information content (AvgIpc) is 2.14. The number of rotatable bonds is 6. The molecule has 0 aliphatic rings. The van der Waals surface area contributed by atoms with Gasteiger partial charge in [-0.05, 0) is 26.7 Å². The van der Waals surface area contributed by atoms with Gasteiger partial charge in [0.2, 0.25) is 0 Å². The van der Waals surface area contributed by atoms with Crippen LogP contribution in [-0.4, -0.2) is 25.7 Å². The maximum Gasteiger partial charge on any atom is 0.330 e. The van der Waals surface area contributed by atoms with Crippen molar-refractivity contribution in [1.82, 2.24) is 0 Å². The summed E-state index contributed by atoms with van der Waals surface area (Å²) in [4.78, 5) is 11.0. The molecular formula is C10H18O4S. The quantitative estimate of drug-likeness (QED) is 0.427. The van der Waals surface area contributed by atoms with Gasteiger partial charge in [-0.25, -0.2) is 13.2 Å². The summed E-state index contributed by atoms with van der Waals surface area (Å²) in [6, 6.07) is 0. The van der Waals surface area contributed by atoms with Crippen LogP contribution in [0.25, 0.3) is 0 Å². The van der Waals surface area contributed by atoms with Crippen molar-refractivity contribution in [3.05, 3.63) is 12.2 Å². The molecule has 15 heavy (non-hydrogen) atoms. The van der Waals surface area contributed by atoms with E-state index in [0.29, 0.717) is 13.0 Å². The van der Waals surface area contributed by atoms with Gasteiger partial charge in [0.05, 0.1) is 11.4 Å². The smallest absolute Gasteiger partial charge is 0.330 e. The van der Waals surface area contributed by atoms with Gasteiger partial charge in [0, 0.05) is 6.08 Å². The van der Waals surface area contributed by atoms with Gasteiger partial charge in [0.1, 0.15) is 10.7 Å². The molecule has 0 aromatic carbocycles. The van der Waals surface area contributed by atoms with Crippen LogP contribution in [0.3, 0.4) is 0 Å². The first-order chi connectivity index (χ1) is 6.90. The number of hydrogen-bond acceptors (Lipinski definition) is 4. The predicted octanol–water partition coefficient (Wildman–Crippen LogP) is 1.28. The van der Waals surface area contributed by atoms with Crippen LogP contribution in [0.5, 0.6) is 0 Å². The fraction of sp³-hybridized carbons (Fsp3) is 0.700. The number of esters is 1. The Bertz CT molecular complexity index is 295. The number of ether oxygens (including phenoxy) is 1. The van der Waals surface area contributed by atoms with E-state index in [1.807, 2.05) is 6.92 Å². The molecule has 0 aliphatic heterocycles. The Kier molecular flexibility index (Phi) is 6.24. The van der Waals surface area contributed by atoms with E-state index in [2.05, 4.69) is 0 Å². The summed E-state index contributed by atoms with van der Waals surface area (Å²) in [6.45, 7) is 5.52. The van der Waals surface area contributed by atoms with Gasteiger partial charge in [-0.1, -0.05) is 13.0 Å². The number of carbonyl (C=O) groups excluding carboxylic acids is 1. The van der Waals surface area contributed by atoms with E-state index in [1.54, 1.807) is 13.8 Å². The standard InChI is InChI=1S/C10H18O4S/c1-4-8-14-9(11)6-5-7-10(2,3)15(12)13/h5-6,15H,4,7-8H2,1-3H3. The lowest BCUT2D eigenvalue weighted by atomic mass is 10.1.